The van der Waals surface area contributed by atoms with Gasteiger partial charge in [-0.25, -0.2) is 8.42 Å². The first-order valence-corrected chi connectivity index (χ1v) is 8.30. The first-order valence-electron chi connectivity index (χ1n) is 6.48. The summed E-state index contributed by atoms with van der Waals surface area (Å²) in [5, 5.41) is 0.484. The highest BCUT2D eigenvalue weighted by Crippen LogP contribution is 2.29. The van der Waals surface area contributed by atoms with Crippen molar-refractivity contribution < 1.29 is 8.42 Å². The molecule has 0 radical (unpaired) electrons. The summed E-state index contributed by atoms with van der Waals surface area (Å²) >= 11 is 5.97. The van der Waals surface area contributed by atoms with Gasteiger partial charge in [0, 0.05) is 24.7 Å². The molecule has 1 atom stereocenters. The molecule has 0 aliphatic rings. The zero-order chi connectivity index (χ0) is 15.7. The van der Waals surface area contributed by atoms with Crippen LogP contribution in [-0.4, -0.2) is 25.8 Å². The van der Waals surface area contributed by atoms with Crippen molar-refractivity contribution in [3.8, 4) is 0 Å². The number of rotatable bonds is 4. The third-order valence-electron chi connectivity index (χ3n) is 3.71. The van der Waals surface area contributed by atoms with Gasteiger partial charge in [-0.2, -0.15) is 4.31 Å². The summed E-state index contributed by atoms with van der Waals surface area (Å²) in [6.45, 7) is 8.14. The molecule has 1 aromatic rings. The maximum absolute atomic E-state index is 12.6. The molecule has 0 aliphatic heterocycles. The van der Waals surface area contributed by atoms with Gasteiger partial charge in [-0.3, -0.25) is 0 Å². The van der Waals surface area contributed by atoms with Crippen LogP contribution in [0.2, 0.25) is 5.02 Å². The fourth-order valence-corrected chi connectivity index (χ4v) is 3.58. The van der Waals surface area contributed by atoms with E-state index in [2.05, 4.69) is 0 Å². The fraction of sp³-hybridized carbons (Fsp3) is 0.571. The van der Waals surface area contributed by atoms with Crippen LogP contribution in [0.25, 0.3) is 0 Å². The highest BCUT2D eigenvalue weighted by Gasteiger charge is 2.32. The summed E-state index contributed by atoms with van der Waals surface area (Å²) < 4.78 is 26.7. The Kier molecular flexibility index (Phi) is 5.24. The van der Waals surface area contributed by atoms with Crippen LogP contribution in [0.15, 0.2) is 23.1 Å². The molecule has 1 rings (SSSR count). The van der Waals surface area contributed by atoms with E-state index in [1.165, 1.54) is 10.4 Å². The maximum Gasteiger partial charge on any atom is 0.243 e. The van der Waals surface area contributed by atoms with Crippen LogP contribution >= 0.6 is 11.6 Å². The molecule has 4 nitrogen and oxygen atoms in total. The summed E-state index contributed by atoms with van der Waals surface area (Å²) in [7, 11) is -1.95. The molecule has 0 bridgehead atoms. The number of nitrogens with zero attached hydrogens (tertiary/aromatic N) is 1. The standard InChI is InChI=1S/C14H23ClN2O2S/c1-10(14(2,3)4)17(5)20(18,19)12-6-7-13(15)11(8-12)9-16/h6-8,10H,9,16H2,1-5H3. The van der Waals surface area contributed by atoms with Crippen molar-refractivity contribution in [1.82, 2.24) is 4.31 Å². The summed E-state index contributed by atoms with van der Waals surface area (Å²) in [4.78, 5) is 0.223. The number of hydrogen-bond acceptors (Lipinski definition) is 3. The fourth-order valence-electron chi connectivity index (χ4n) is 1.79. The molecule has 1 aromatic carbocycles. The van der Waals surface area contributed by atoms with E-state index in [0.29, 0.717) is 10.6 Å². The lowest BCUT2D eigenvalue weighted by molar-refractivity contribution is 0.216. The van der Waals surface area contributed by atoms with Gasteiger partial charge >= 0.3 is 0 Å². The molecule has 0 heterocycles. The van der Waals surface area contributed by atoms with E-state index in [-0.39, 0.29) is 22.9 Å². The second-order valence-corrected chi connectivity index (χ2v) is 8.43. The Hall–Kier alpha value is -0.620. The summed E-state index contributed by atoms with van der Waals surface area (Å²) in [6.07, 6.45) is 0. The highest BCUT2D eigenvalue weighted by atomic mass is 35.5. The average molecular weight is 319 g/mol. The second kappa shape index (κ2) is 6.02. The van der Waals surface area contributed by atoms with E-state index in [4.69, 9.17) is 17.3 Å². The molecule has 20 heavy (non-hydrogen) atoms. The molecule has 0 aliphatic carbocycles. The minimum Gasteiger partial charge on any atom is -0.326 e. The van der Waals surface area contributed by atoms with E-state index >= 15 is 0 Å². The monoisotopic (exact) mass is 318 g/mol. The largest absolute Gasteiger partial charge is 0.326 e. The number of nitrogens with two attached hydrogens (primary N) is 1. The van der Waals surface area contributed by atoms with Crippen LogP contribution in [0.1, 0.15) is 33.3 Å². The van der Waals surface area contributed by atoms with E-state index in [1.54, 1.807) is 19.2 Å². The zero-order valence-electron chi connectivity index (χ0n) is 12.6. The Morgan fingerprint density at radius 3 is 2.35 bits per heavy atom. The molecular formula is C14H23ClN2O2S. The van der Waals surface area contributed by atoms with Crippen molar-refractivity contribution >= 4 is 21.6 Å². The molecule has 0 aromatic heterocycles. The molecule has 2 N–H and O–H groups in total. The van der Waals surface area contributed by atoms with Gasteiger partial charge in [0.15, 0.2) is 0 Å². The maximum atomic E-state index is 12.6. The minimum absolute atomic E-state index is 0.135. The van der Waals surface area contributed by atoms with E-state index in [1.807, 2.05) is 27.7 Å². The van der Waals surface area contributed by atoms with Crippen molar-refractivity contribution in [3.05, 3.63) is 28.8 Å². The average Bonchev–Trinajstić information content (AvgIpc) is 2.36. The molecule has 0 saturated heterocycles. The van der Waals surface area contributed by atoms with Crippen LogP contribution in [0.5, 0.6) is 0 Å². The number of halogens is 1. The molecule has 0 spiro atoms. The summed E-state index contributed by atoms with van der Waals surface area (Å²) in [5.41, 5.74) is 6.06. The Morgan fingerprint density at radius 2 is 1.90 bits per heavy atom. The predicted octanol–water partition coefficient (Wildman–Crippen LogP) is 2.85. The van der Waals surface area contributed by atoms with E-state index in [0.717, 1.165) is 0 Å². The number of hydrogen-bond donors (Lipinski definition) is 1. The van der Waals surface area contributed by atoms with Crippen LogP contribution < -0.4 is 5.73 Å². The lowest BCUT2D eigenvalue weighted by Crippen LogP contribution is -2.42. The molecule has 6 heteroatoms. The van der Waals surface area contributed by atoms with Crippen molar-refractivity contribution in [3.63, 3.8) is 0 Å². The Morgan fingerprint density at radius 1 is 1.35 bits per heavy atom. The van der Waals surface area contributed by atoms with Crippen LogP contribution in [0.4, 0.5) is 0 Å². The molecular weight excluding hydrogens is 296 g/mol. The third kappa shape index (κ3) is 3.52. The number of sulfonamides is 1. The Labute approximate surface area is 127 Å². The lowest BCUT2D eigenvalue weighted by atomic mass is 9.88. The lowest BCUT2D eigenvalue weighted by Gasteiger charge is -2.34. The van der Waals surface area contributed by atoms with E-state index in [9.17, 15) is 8.42 Å². The SMILES string of the molecule is CC(N(C)S(=O)(=O)c1ccc(Cl)c(CN)c1)C(C)(C)C. The van der Waals surface area contributed by atoms with Gasteiger partial charge in [-0.15, -0.1) is 0 Å². The van der Waals surface area contributed by atoms with Crippen molar-refractivity contribution in [2.24, 2.45) is 11.1 Å². The van der Waals surface area contributed by atoms with Crippen molar-refractivity contribution in [2.75, 3.05) is 7.05 Å². The van der Waals surface area contributed by atoms with Gasteiger partial charge in [0.05, 0.1) is 4.90 Å². The summed E-state index contributed by atoms with van der Waals surface area (Å²) in [6, 6.07) is 4.50. The Bertz CT molecular complexity index is 579. The van der Waals surface area contributed by atoms with Crippen LogP contribution in [-0.2, 0) is 16.6 Å². The zero-order valence-corrected chi connectivity index (χ0v) is 14.2. The smallest absolute Gasteiger partial charge is 0.243 e. The third-order valence-corrected chi connectivity index (χ3v) is 6.01. The topological polar surface area (TPSA) is 63.4 Å². The first-order chi connectivity index (χ1) is 9.01. The van der Waals surface area contributed by atoms with Crippen molar-refractivity contribution in [1.29, 1.82) is 0 Å². The quantitative estimate of drug-likeness (QED) is 0.928. The van der Waals surface area contributed by atoms with E-state index < -0.39 is 10.0 Å². The van der Waals surface area contributed by atoms with Crippen LogP contribution in [0, 0.1) is 5.41 Å². The molecule has 114 valence electrons. The van der Waals surface area contributed by atoms with Crippen LogP contribution in [0.3, 0.4) is 0 Å². The van der Waals surface area contributed by atoms with Gasteiger partial charge in [-0.1, -0.05) is 32.4 Å². The van der Waals surface area contributed by atoms with Gasteiger partial charge in [0.2, 0.25) is 10.0 Å². The summed E-state index contributed by atoms with van der Waals surface area (Å²) in [5.74, 6) is 0. The molecule has 1 unspecified atom stereocenters. The predicted molar refractivity (Wildman–Crippen MR) is 83.2 cm³/mol. The van der Waals surface area contributed by atoms with Gasteiger partial charge in [0.25, 0.3) is 0 Å². The van der Waals surface area contributed by atoms with Gasteiger partial charge in [0.1, 0.15) is 0 Å². The first kappa shape index (κ1) is 17.4. The Balaban J connectivity index is 3.23. The van der Waals surface area contributed by atoms with Gasteiger partial charge < -0.3 is 5.73 Å². The number of benzene rings is 1. The van der Waals surface area contributed by atoms with Crippen molar-refractivity contribution in [2.45, 2.75) is 45.2 Å². The highest BCUT2D eigenvalue weighted by molar-refractivity contribution is 7.89. The molecule has 0 saturated carbocycles. The van der Waals surface area contributed by atoms with Gasteiger partial charge in [-0.05, 0) is 36.1 Å². The normalized spacial score (nSPS) is 14.6. The minimum atomic E-state index is -3.55. The molecule has 0 amide bonds. The molecule has 0 fully saturated rings. The second-order valence-electron chi connectivity index (χ2n) is 6.02.